The predicted molar refractivity (Wildman–Crippen MR) is 108 cm³/mol. The van der Waals surface area contributed by atoms with Gasteiger partial charge in [-0.05, 0) is 49.2 Å². The Morgan fingerprint density at radius 1 is 1.06 bits per heavy atom. The molecule has 0 unspecified atom stereocenters. The van der Waals surface area contributed by atoms with Gasteiger partial charge in [0.1, 0.15) is 0 Å². The Morgan fingerprint density at radius 2 is 1.68 bits per heavy atom. The van der Waals surface area contributed by atoms with Crippen LogP contribution in [0.15, 0.2) is 48.5 Å². The first-order valence-electron chi connectivity index (χ1n) is 9.80. The van der Waals surface area contributed by atoms with Crippen LogP contribution in [-0.4, -0.2) is 44.4 Å². The second-order valence-electron chi connectivity index (χ2n) is 7.13. The van der Waals surface area contributed by atoms with Gasteiger partial charge in [0.2, 0.25) is 0 Å². The van der Waals surface area contributed by atoms with Crippen molar-refractivity contribution in [2.75, 3.05) is 31.2 Å². The molecule has 0 radical (unpaired) electrons. The fourth-order valence-corrected chi connectivity index (χ4v) is 3.29. The van der Waals surface area contributed by atoms with Crippen LogP contribution in [-0.2, 0) is 4.79 Å². The molecule has 0 aliphatic carbocycles. The third kappa shape index (κ3) is 6.81. The van der Waals surface area contributed by atoms with E-state index in [2.05, 4.69) is 16.3 Å². The summed E-state index contributed by atoms with van der Waals surface area (Å²) in [7, 11) is 0. The van der Waals surface area contributed by atoms with E-state index in [4.69, 9.17) is 14.7 Å². The van der Waals surface area contributed by atoms with E-state index in [1.54, 1.807) is 18.2 Å². The van der Waals surface area contributed by atoms with Gasteiger partial charge in [0.15, 0.2) is 24.7 Å². The number of nitrogens with zero attached hydrogens (tertiary/aromatic N) is 2. The van der Waals surface area contributed by atoms with Gasteiger partial charge >= 0.3 is 6.18 Å². The van der Waals surface area contributed by atoms with Gasteiger partial charge in [-0.1, -0.05) is 12.1 Å². The topological polar surface area (TPSA) is 74.6 Å². The number of hydrogen-bond acceptors (Lipinski definition) is 5. The van der Waals surface area contributed by atoms with Crippen molar-refractivity contribution in [3.63, 3.8) is 0 Å². The molecule has 2 aromatic rings. The quantitative estimate of drug-likeness (QED) is 0.721. The van der Waals surface area contributed by atoms with Crippen molar-refractivity contribution in [1.82, 2.24) is 5.32 Å². The SMILES string of the molecule is N#Cc1ccc(N2CCC(NC(=O)COc3ccccc3OCC(F)(F)F)CC2)cc1. The molecule has 9 heteroatoms. The minimum Gasteiger partial charge on any atom is -0.480 e. The van der Waals surface area contributed by atoms with Crippen LogP contribution in [0.3, 0.4) is 0 Å². The number of rotatable bonds is 7. The number of benzene rings is 2. The lowest BCUT2D eigenvalue weighted by Crippen LogP contribution is -2.46. The lowest BCUT2D eigenvalue weighted by atomic mass is 10.0. The fraction of sp³-hybridized carbons (Fsp3) is 0.364. The molecule has 1 aliphatic heterocycles. The van der Waals surface area contributed by atoms with E-state index in [0.29, 0.717) is 5.56 Å². The van der Waals surface area contributed by atoms with Crippen molar-refractivity contribution in [3.8, 4) is 17.6 Å². The van der Waals surface area contributed by atoms with Gasteiger partial charge in [-0.2, -0.15) is 18.4 Å². The average molecular weight is 433 g/mol. The largest absolute Gasteiger partial charge is 0.480 e. The number of nitriles is 1. The molecule has 1 amide bonds. The summed E-state index contributed by atoms with van der Waals surface area (Å²) >= 11 is 0. The molecule has 3 rings (SSSR count). The Labute approximate surface area is 178 Å². The zero-order chi connectivity index (χ0) is 22.3. The minimum absolute atomic E-state index is 0.0116. The Morgan fingerprint density at radius 3 is 2.26 bits per heavy atom. The maximum Gasteiger partial charge on any atom is 0.422 e. The molecule has 164 valence electrons. The first-order chi connectivity index (χ1) is 14.8. The number of alkyl halides is 3. The van der Waals surface area contributed by atoms with Crippen LogP contribution < -0.4 is 19.7 Å². The van der Waals surface area contributed by atoms with Crippen LogP contribution in [0.25, 0.3) is 0 Å². The highest BCUT2D eigenvalue weighted by Crippen LogP contribution is 2.28. The van der Waals surface area contributed by atoms with Crippen molar-refractivity contribution < 1.29 is 27.4 Å². The number of hydrogen-bond donors (Lipinski definition) is 1. The van der Waals surface area contributed by atoms with Crippen molar-refractivity contribution in [2.45, 2.75) is 25.1 Å². The number of halogens is 3. The monoisotopic (exact) mass is 433 g/mol. The Balaban J connectivity index is 1.44. The molecule has 1 fully saturated rings. The maximum atomic E-state index is 12.4. The van der Waals surface area contributed by atoms with Gasteiger partial charge in [0.05, 0.1) is 11.6 Å². The van der Waals surface area contributed by atoms with E-state index >= 15 is 0 Å². The van der Waals surface area contributed by atoms with Gasteiger partial charge in [-0.15, -0.1) is 0 Å². The molecule has 1 aliphatic rings. The maximum absolute atomic E-state index is 12.4. The van der Waals surface area contributed by atoms with Crippen LogP contribution >= 0.6 is 0 Å². The lowest BCUT2D eigenvalue weighted by Gasteiger charge is -2.34. The number of anilines is 1. The first-order valence-corrected chi connectivity index (χ1v) is 9.80. The van der Waals surface area contributed by atoms with E-state index in [9.17, 15) is 18.0 Å². The highest BCUT2D eigenvalue weighted by molar-refractivity contribution is 5.78. The zero-order valence-electron chi connectivity index (χ0n) is 16.7. The summed E-state index contributed by atoms with van der Waals surface area (Å²) in [5.74, 6) is -0.330. The van der Waals surface area contributed by atoms with E-state index in [1.807, 2.05) is 12.1 Å². The van der Waals surface area contributed by atoms with Gasteiger partial charge < -0.3 is 19.7 Å². The molecule has 0 atom stereocenters. The average Bonchev–Trinajstić information content (AvgIpc) is 2.77. The fourth-order valence-electron chi connectivity index (χ4n) is 3.29. The first kappa shape index (κ1) is 22.3. The van der Waals surface area contributed by atoms with Crippen LogP contribution in [0.1, 0.15) is 18.4 Å². The molecular weight excluding hydrogens is 411 g/mol. The van der Waals surface area contributed by atoms with Gasteiger partial charge in [0.25, 0.3) is 5.91 Å². The molecule has 31 heavy (non-hydrogen) atoms. The predicted octanol–water partition coefficient (Wildman–Crippen LogP) is 3.66. The number of amides is 1. The molecular formula is C22H22F3N3O3. The van der Waals surface area contributed by atoms with Crippen molar-refractivity contribution in [2.24, 2.45) is 0 Å². The van der Waals surface area contributed by atoms with Crippen LogP contribution in [0.4, 0.5) is 18.9 Å². The molecule has 1 saturated heterocycles. The number of piperidine rings is 1. The van der Waals surface area contributed by atoms with E-state index in [-0.39, 0.29) is 30.1 Å². The second-order valence-corrected chi connectivity index (χ2v) is 7.13. The standard InChI is InChI=1S/C22H22F3N3O3/c23-22(24,25)15-31-20-4-2-1-3-19(20)30-14-21(29)27-17-9-11-28(12-10-17)18-7-5-16(13-26)6-8-18/h1-8,17H,9-12,14-15H2,(H,27,29). The number of carbonyl (C=O) groups is 1. The highest BCUT2D eigenvalue weighted by atomic mass is 19.4. The van der Waals surface area contributed by atoms with Gasteiger partial charge in [0, 0.05) is 24.8 Å². The number of nitrogens with one attached hydrogen (secondary N) is 1. The summed E-state index contributed by atoms with van der Waals surface area (Å²) in [5.41, 5.74) is 1.64. The number of ether oxygens (including phenoxy) is 2. The van der Waals surface area contributed by atoms with E-state index in [1.165, 1.54) is 18.2 Å². The third-order valence-corrected chi connectivity index (χ3v) is 4.82. The number of para-hydroxylation sites is 2. The summed E-state index contributed by atoms with van der Waals surface area (Å²) in [6, 6.07) is 15.4. The number of carbonyl (C=O) groups excluding carboxylic acids is 1. The minimum atomic E-state index is -4.46. The van der Waals surface area contributed by atoms with E-state index < -0.39 is 12.8 Å². The lowest BCUT2D eigenvalue weighted by molar-refractivity contribution is -0.153. The van der Waals surface area contributed by atoms with Crippen LogP contribution in [0, 0.1) is 11.3 Å². The molecule has 0 bridgehead atoms. The van der Waals surface area contributed by atoms with E-state index in [0.717, 1.165) is 31.6 Å². The Hall–Kier alpha value is -3.41. The molecule has 6 nitrogen and oxygen atoms in total. The molecule has 1 heterocycles. The smallest absolute Gasteiger partial charge is 0.422 e. The van der Waals surface area contributed by atoms with Gasteiger partial charge in [-0.3, -0.25) is 4.79 Å². The summed E-state index contributed by atoms with van der Waals surface area (Å²) < 4.78 is 47.2. The molecule has 1 N–H and O–H groups in total. The molecule has 0 saturated carbocycles. The molecule has 2 aromatic carbocycles. The Kier molecular flexibility index (Phi) is 7.23. The third-order valence-electron chi connectivity index (χ3n) is 4.82. The van der Waals surface area contributed by atoms with Gasteiger partial charge in [-0.25, -0.2) is 0 Å². The molecule has 0 spiro atoms. The van der Waals surface area contributed by atoms with Crippen molar-refractivity contribution in [1.29, 1.82) is 5.26 Å². The highest BCUT2D eigenvalue weighted by Gasteiger charge is 2.29. The summed E-state index contributed by atoms with van der Waals surface area (Å²) in [6.07, 6.45) is -2.97. The van der Waals surface area contributed by atoms with Crippen molar-refractivity contribution in [3.05, 3.63) is 54.1 Å². The van der Waals surface area contributed by atoms with Crippen molar-refractivity contribution >= 4 is 11.6 Å². The Bertz CT molecular complexity index is 918. The van der Waals surface area contributed by atoms with Crippen LogP contribution in [0.5, 0.6) is 11.5 Å². The summed E-state index contributed by atoms with van der Waals surface area (Å²) in [4.78, 5) is 14.4. The van der Waals surface area contributed by atoms with Crippen LogP contribution in [0.2, 0.25) is 0 Å². The summed E-state index contributed by atoms with van der Waals surface area (Å²) in [5, 5.41) is 11.8. The molecule has 0 aromatic heterocycles. The second kappa shape index (κ2) is 10.1. The normalized spacial score (nSPS) is 14.6. The zero-order valence-corrected chi connectivity index (χ0v) is 16.7. The summed E-state index contributed by atoms with van der Waals surface area (Å²) in [6.45, 7) is -0.239.